The van der Waals surface area contributed by atoms with Crippen molar-refractivity contribution in [3.05, 3.63) is 29.8 Å². The highest BCUT2D eigenvalue weighted by molar-refractivity contribution is 5.92. The molecule has 1 N–H and O–H groups in total. The summed E-state index contributed by atoms with van der Waals surface area (Å²) in [6.07, 6.45) is 2.25. The first kappa shape index (κ1) is 13.9. The van der Waals surface area contributed by atoms with Gasteiger partial charge in [0.1, 0.15) is 11.6 Å². The Kier molecular flexibility index (Phi) is 4.47. The summed E-state index contributed by atoms with van der Waals surface area (Å²) in [4.78, 5) is 13.9. The lowest BCUT2D eigenvalue weighted by Gasteiger charge is -2.30. The normalized spacial score (nSPS) is 20.3. The number of likely N-dealkylation sites (tertiary alicyclic amines) is 1. The van der Waals surface area contributed by atoms with E-state index in [-0.39, 0.29) is 18.1 Å². The third-order valence-corrected chi connectivity index (χ3v) is 3.31. The summed E-state index contributed by atoms with van der Waals surface area (Å²) in [6.45, 7) is 4.12. The quantitative estimate of drug-likeness (QED) is 0.914. The van der Waals surface area contributed by atoms with E-state index in [2.05, 4.69) is 12.2 Å². The van der Waals surface area contributed by atoms with E-state index in [1.54, 1.807) is 0 Å². The molecule has 1 heterocycles. The summed E-state index contributed by atoms with van der Waals surface area (Å²) in [5.41, 5.74) is -0.102. The van der Waals surface area contributed by atoms with E-state index in [9.17, 15) is 13.6 Å². The van der Waals surface area contributed by atoms with Gasteiger partial charge in [0.25, 0.3) is 0 Å². The summed E-state index contributed by atoms with van der Waals surface area (Å²) in [6, 6.07) is 3.03. The molecule has 1 amide bonds. The molecule has 19 heavy (non-hydrogen) atoms. The van der Waals surface area contributed by atoms with Crippen molar-refractivity contribution in [3.63, 3.8) is 0 Å². The van der Waals surface area contributed by atoms with Gasteiger partial charge in [-0.1, -0.05) is 6.92 Å². The molecule has 0 unspecified atom stereocenters. The third-order valence-electron chi connectivity index (χ3n) is 3.31. The number of hydrogen-bond donors (Lipinski definition) is 1. The van der Waals surface area contributed by atoms with Gasteiger partial charge in [0, 0.05) is 12.6 Å². The lowest BCUT2D eigenvalue weighted by atomic mass is 10.0. The van der Waals surface area contributed by atoms with Crippen LogP contribution in [-0.2, 0) is 4.79 Å². The third kappa shape index (κ3) is 3.99. The maximum atomic E-state index is 13.4. The molecule has 104 valence electrons. The van der Waals surface area contributed by atoms with Crippen molar-refractivity contribution in [1.82, 2.24) is 4.90 Å². The fourth-order valence-corrected chi connectivity index (χ4v) is 2.42. The predicted octanol–water partition coefficient (Wildman–Crippen LogP) is 2.64. The van der Waals surface area contributed by atoms with Gasteiger partial charge in [0.15, 0.2) is 0 Å². The van der Waals surface area contributed by atoms with Crippen molar-refractivity contribution in [2.75, 3.05) is 25.0 Å². The highest BCUT2D eigenvalue weighted by Gasteiger charge is 2.19. The van der Waals surface area contributed by atoms with Crippen LogP contribution in [0.3, 0.4) is 0 Å². The lowest BCUT2D eigenvalue weighted by molar-refractivity contribution is -0.117. The molecule has 0 spiro atoms. The highest BCUT2D eigenvalue weighted by Crippen LogP contribution is 2.17. The maximum absolute atomic E-state index is 13.4. The summed E-state index contributed by atoms with van der Waals surface area (Å²) in [5, 5.41) is 2.42. The van der Waals surface area contributed by atoms with Gasteiger partial charge in [0.2, 0.25) is 5.91 Å². The Morgan fingerprint density at radius 2 is 2.26 bits per heavy atom. The average Bonchev–Trinajstić information content (AvgIpc) is 2.34. The van der Waals surface area contributed by atoms with Crippen LogP contribution >= 0.6 is 0 Å². The maximum Gasteiger partial charge on any atom is 0.238 e. The van der Waals surface area contributed by atoms with E-state index >= 15 is 0 Å². The molecule has 1 atom stereocenters. The molecule has 3 nitrogen and oxygen atoms in total. The molecular weight excluding hydrogens is 250 g/mol. The highest BCUT2D eigenvalue weighted by atomic mass is 19.1. The number of piperidine rings is 1. The number of nitrogens with one attached hydrogen (secondary N) is 1. The zero-order valence-corrected chi connectivity index (χ0v) is 11.0. The summed E-state index contributed by atoms with van der Waals surface area (Å²) >= 11 is 0. The minimum atomic E-state index is -0.623. The molecule has 2 rings (SSSR count). The van der Waals surface area contributed by atoms with Crippen molar-refractivity contribution in [1.29, 1.82) is 0 Å². The van der Waals surface area contributed by atoms with Crippen molar-refractivity contribution in [3.8, 4) is 0 Å². The molecule has 0 saturated carbocycles. The van der Waals surface area contributed by atoms with Gasteiger partial charge < -0.3 is 5.32 Å². The summed E-state index contributed by atoms with van der Waals surface area (Å²) < 4.78 is 26.4. The Morgan fingerprint density at radius 3 is 3.00 bits per heavy atom. The average molecular weight is 268 g/mol. The van der Waals surface area contributed by atoms with Crippen LogP contribution in [0.5, 0.6) is 0 Å². The number of anilines is 1. The van der Waals surface area contributed by atoms with Gasteiger partial charge in [-0.15, -0.1) is 0 Å². The number of benzene rings is 1. The van der Waals surface area contributed by atoms with Crippen LogP contribution in [-0.4, -0.2) is 30.4 Å². The fourth-order valence-electron chi connectivity index (χ4n) is 2.42. The van der Waals surface area contributed by atoms with Crippen molar-refractivity contribution in [2.24, 2.45) is 5.92 Å². The minimum absolute atomic E-state index is 0.102. The van der Waals surface area contributed by atoms with E-state index in [0.717, 1.165) is 37.7 Å². The fraction of sp³-hybridized carbons (Fsp3) is 0.500. The van der Waals surface area contributed by atoms with Gasteiger partial charge >= 0.3 is 0 Å². The number of carbonyl (C=O) groups excluding carboxylic acids is 1. The second-order valence-corrected chi connectivity index (χ2v) is 5.15. The van der Waals surface area contributed by atoms with Gasteiger partial charge in [-0.2, -0.15) is 0 Å². The van der Waals surface area contributed by atoms with E-state index in [0.29, 0.717) is 5.92 Å². The zero-order chi connectivity index (χ0) is 13.8. The number of hydrogen-bond acceptors (Lipinski definition) is 2. The smallest absolute Gasteiger partial charge is 0.238 e. The van der Waals surface area contributed by atoms with Crippen LogP contribution in [0.25, 0.3) is 0 Å². The van der Waals surface area contributed by atoms with Crippen LogP contribution in [0.15, 0.2) is 18.2 Å². The van der Waals surface area contributed by atoms with Gasteiger partial charge in [-0.25, -0.2) is 8.78 Å². The number of halogens is 2. The minimum Gasteiger partial charge on any atom is -0.322 e. The first-order valence-corrected chi connectivity index (χ1v) is 6.52. The van der Waals surface area contributed by atoms with Crippen molar-refractivity contribution >= 4 is 11.6 Å². The lowest BCUT2D eigenvalue weighted by Crippen LogP contribution is -2.39. The first-order valence-electron chi connectivity index (χ1n) is 6.52. The topological polar surface area (TPSA) is 32.3 Å². The molecule has 1 aliphatic heterocycles. The monoisotopic (exact) mass is 268 g/mol. The summed E-state index contributed by atoms with van der Waals surface area (Å²) in [7, 11) is 0. The van der Waals surface area contributed by atoms with Crippen LogP contribution < -0.4 is 5.32 Å². The van der Waals surface area contributed by atoms with Crippen molar-refractivity contribution in [2.45, 2.75) is 19.8 Å². The van der Waals surface area contributed by atoms with Crippen LogP contribution in [0.2, 0.25) is 0 Å². The van der Waals surface area contributed by atoms with Crippen LogP contribution in [0.1, 0.15) is 19.8 Å². The number of carbonyl (C=O) groups is 1. The Balaban J connectivity index is 1.92. The van der Waals surface area contributed by atoms with Crippen LogP contribution in [0.4, 0.5) is 14.5 Å². The van der Waals surface area contributed by atoms with E-state index in [1.807, 2.05) is 4.90 Å². The number of nitrogens with zero attached hydrogens (tertiary/aromatic N) is 1. The number of rotatable bonds is 3. The van der Waals surface area contributed by atoms with E-state index in [1.165, 1.54) is 6.42 Å². The largest absolute Gasteiger partial charge is 0.322 e. The summed E-state index contributed by atoms with van der Waals surface area (Å²) in [5.74, 6) is -0.920. The molecule has 0 radical (unpaired) electrons. The Labute approximate surface area is 111 Å². The molecule has 0 aliphatic carbocycles. The van der Waals surface area contributed by atoms with Gasteiger partial charge in [-0.05, 0) is 37.4 Å². The van der Waals surface area contributed by atoms with Crippen molar-refractivity contribution < 1.29 is 13.6 Å². The van der Waals surface area contributed by atoms with E-state index < -0.39 is 11.6 Å². The molecule has 0 bridgehead atoms. The van der Waals surface area contributed by atoms with Gasteiger partial charge in [0.05, 0.1) is 12.2 Å². The standard InChI is InChI=1S/C14H18F2N2O/c1-10-3-2-6-18(8-10)9-14(19)17-13-7-11(15)4-5-12(13)16/h4-5,7,10H,2-3,6,8-9H2,1H3,(H,17,19)/t10-/m1/s1. The number of amides is 1. The molecular formula is C14H18F2N2O. The second kappa shape index (κ2) is 6.10. The Bertz CT molecular complexity index is 465. The van der Waals surface area contributed by atoms with Gasteiger partial charge in [-0.3, -0.25) is 9.69 Å². The van der Waals surface area contributed by atoms with Crippen LogP contribution in [0, 0.1) is 17.6 Å². The molecule has 1 aliphatic rings. The Hall–Kier alpha value is -1.49. The predicted molar refractivity (Wildman–Crippen MR) is 69.8 cm³/mol. The molecule has 1 fully saturated rings. The molecule has 0 aromatic heterocycles. The molecule has 1 saturated heterocycles. The first-order chi connectivity index (χ1) is 9.04. The van der Waals surface area contributed by atoms with E-state index in [4.69, 9.17) is 0 Å². The zero-order valence-electron chi connectivity index (χ0n) is 11.0. The molecule has 5 heteroatoms. The molecule has 1 aromatic carbocycles. The second-order valence-electron chi connectivity index (χ2n) is 5.15. The molecule has 1 aromatic rings. The SMILES string of the molecule is C[C@@H]1CCCN(CC(=O)Nc2cc(F)ccc2F)C1. The Morgan fingerprint density at radius 1 is 1.47 bits per heavy atom.